The number of aryl methyl sites for hydroxylation is 3. The number of rotatable bonds is 7. The Morgan fingerprint density at radius 1 is 0.731 bits per heavy atom. The molecule has 67 heavy (non-hydrogen) atoms. The molecule has 2 saturated heterocycles. The third-order valence-electron chi connectivity index (χ3n) is 11.2. The normalized spacial score (nSPS) is 17.1. The number of nitrogens with one attached hydrogen (secondary N) is 1. The van der Waals surface area contributed by atoms with Gasteiger partial charge in [0.15, 0.2) is 32.0 Å². The third-order valence-corrected chi connectivity index (χ3v) is 13.0. The smallest absolute Gasteiger partial charge is 0.410 e. The van der Waals surface area contributed by atoms with Crippen molar-refractivity contribution in [3.63, 3.8) is 0 Å². The number of aromatic nitrogens is 11. The summed E-state index contributed by atoms with van der Waals surface area (Å²) < 4.78 is 47.9. The molecule has 0 radical (unpaired) electrons. The van der Waals surface area contributed by atoms with Crippen molar-refractivity contribution in [1.82, 2.24) is 62.5 Å². The van der Waals surface area contributed by atoms with Crippen molar-refractivity contribution in [2.24, 2.45) is 14.1 Å². The van der Waals surface area contributed by atoms with Gasteiger partial charge in [-0.25, -0.2) is 37.9 Å². The van der Waals surface area contributed by atoms with Crippen LogP contribution in [0, 0.1) is 6.92 Å². The molecule has 1 N–H and O–H groups in total. The van der Waals surface area contributed by atoms with Crippen molar-refractivity contribution < 1.29 is 27.5 Å². The molecule has 2 aliphatic heterocycles. The fraction of sp³-hybridized carbons (Fsp3) is 0.489. The molecule has 22 heteroatoms. The number of sulfone groups is 1. The van der Waals surface area contributed by atoms with Gasteiger partial charge in [0, 0.05) is 94.3 Å². The van der Waals surface area contributed by atoms with Gasteiger partial charge in [0.25, 0.3) is 0 Å². The molecular formula is C45H58N14O6S2. The van der Waals surface area contributed by atoms with E-state index in [-0.39, 0.29) is 34.7 Å². The molecule has 0 bridgehead atoms. The van der Waals surface area contributed by atoms with Crippen LogP contribution in [0.15, 0.2) is 60.7 Å². The van der Waals surface area contributed by atoms with E-state index in [1.165, 1.54) is 11.5 Å². The maximum atomic E-state index is 12.8. The summed E-state index contributed by atoms with van der Waals surface area (Å²) in [6, 6.07) is 1.99. The van der Waals surface area contributed by atoms with Crippen LogP contribution in [-0.2, 0) is 33.4 Å². The molecule has 2 amide bonds. The number of anilines is 2. The molecule has 0 aliphatic carbocycles. The second-order valence-corrected chi connectivity index (χ2v) is 22.0. The van der Waals surface area contributed by atoms with Gasteiger partial charge in [-0.1, -0.05) is 0 Å². The van der Waals surface area contributed by atoms with Gasteiger partial charge in [-0.05, 0) is 91.7 Å². The van der Waals surface area contributed by atoms with E-state index in [0.717, 1.165) is 76.5 Å². The van der Waals surface area contributed by atoms with Crippen LogP contribution >= 0.6 is 11.5 Å². The highest BCUT2D eigenvalue weighted by atomic mass is 32.2. The molecule has 9 rings (SSSR count). The summed E-state index contributed by atoms with van der Waals surface area (Å²) in [5.41, 5.74) is 5.78. The number of nitrogens with zero attached hydrogens (tertiary/aromatic N) is 13. The topological polar surface area (TPSA) is 214 Å². The van der Waals surface area contributed by atoms with Crippen LogP contribution in [0.25, 0.3) is 33.8 Å². The second-order valence-electron chi connectivity index (χ2n) is 19.2. The number of ether oxygens (including phenoxy) is 2. The molecule has 2 fully saturated rings. The van der Waals surface area contributed by atoms with Crippen LogP contribution in [0.2, 0.25) is 0 Å². The fourth-order valence-electron chi connectivity index (χ4n) is 8.21. The summed E-state index contributed by atoms with van der Waals surface area (Å²) in [6.07, 6.45) is 18.5. The van der Waals surface area contributed by atoms with Gasteiger partial charge in [0.05, 0.1) is 53.3 Å². The first-order valence-corrected chi connectivity index (χ1v) is 24.9. The quantitative estimate of drug-likeness (QED) is 0.165. The van der Waals surface area contributed by atoms with Crippen molar-refractivity contribution >= 4 is 55.7 Å². The number of carbonyl (C=O) groups excluding carboxylic acids is 2. The van der Waals surface area contributed by atoms with Crippen LogP contribution in [0.1, 0.15) is 96.1 Å². The van der Waals surface area contributed by atoms with Crippen LogP contribution in [-0.4, -0.2) is 127 Å². The summed E-state index contributed by atoms with van der Waals surface area (Å²) >= 11 is 1.39. The molecule has 2 unspecified atom stereocenters. The lowest BCUT2D eigenvalue weighted by molar-refractivity contribution is 0.0187. The van der Waals surface area contributed by atoms with E-state index in [9.17, 15) is 18.0 Å². The molecule has 9 heterocycles. The van der Waals surface area contributed by atoms with E-state index in [1.54, 1.807) is 36.0 Å². The first-order valence-electron chi connectivity index (χ1n) is 22.2. The van der Waals surface area contributed by atoms with E-state index >= 15 is 0 Å². The maximum absolute atomic E-state index is 12.8. The number of fused-ring (bicyclic) bond motifs is 2. The molecule has 2 aliphatic rings. The Morgan fingerprint density at radius 3 is 1.67 bits per heavy atom. The van der Waals surface area contributed by atoms with E-state index in [0.29, 0.717) is 37.7 Å². The Hall–Kier alpha value is -6.42. The zero-order chi connectivity index (χ0) is 48.0. The number of imidazole rings is 2. The van der Waals surface area contributed by atoms with Crippen molar-refractivity contribution in [3.8, 4) is 22.5 Å². The Balaban J connectivity index is 0.000000182. The van der Waals surface area contributed by atoms with E-state index < -0.39 is 21.0 Å². The van der Waals surface area contributed by atoms with Gasteiger partial charge in [-0.3, -0.25) is 18.2 Å². The largest absolute Gasteiger partial charge is 0.444 e. The summed E-state index contributed by atoms with van der Waals surface area (Å²) in [5.74, 6) is 0.620. The highest BCUT2D eigenvalue weighted by molar-refractivity contribution is 7.90. The highest BCUT2D eigenvalue weighted by Crippen LogP contribution is 2.34. The number of piperidine rings is 2. The summed E-state index contributed by atoms with van der Waals surface area (Å²) in [7, 11) is 0.0807. The molecule has 0 saturated carbocycles. The number of hydrogen-bond acceptors (Lipinski definition) is 15. The van der Waals surface area contributed by atoms with Crippen LogP contribution < -0.4 is 5.32 Å². The van der Waals surface area contributed by atoms with E-state index in [4.69, 9.17) is 14.5 Å². The summed E-state index contributed by atoms with van der Waals surface area (Å²) in [6.45, 7) is 15.4. The predicted molar refractivity (Wildman–Crippen MR) is 253 cm³/mol. The fourth-order valence-corrected chi connectivity index (χ4v) is 9.62. The maximum Gasteiger partial charge on any atom is 0.410 e. The molecule has 0 aromatic carbocycles. The lowest BCUT2D eigenvalue weighted by Gasteiger charge is -2.34. The minimum absolute atomic E-state index is 0.0699. The predicted octanol–water partition coefficient (Wildman–Crippen LogP) is 7.40. The second kappa shape index (κ2) is 18.3. The number of amides is 2. The Labute approximate surface area is 393 Å². The Kier molecular flexibility index (Phi) is 12.9. The average Bonchev–Trinajstić information content (AvgIpc) is 4.11. The first-order chi connectivity index (χ1) is 31.6. The molecule has 20 nitrogen and oxygen atoms in total. The van der Waals surface area contributed by atoms with Gasteiger partial charge < -0.3 is 24.6 Å². The standard InChI is InChI=1S/C24H30N8O2S.C21H28N6O4S/c1-15-9-20(35-29-15)28-21-22-25-11-19(17-10-26-30(5)12-17)32(22)14-18(27-21)16-7-6-8-31(13-16)23(33)34-24(2,3)4;1-21(2,3)31-20(28)26-8-6-7-14(12-26)16-13-27-17(15-9-23-25(4)11-15)10-22-18(27)19(24-16)32(5,29)30/h9-12,14,16H,6-8,13H2,1-5H3,(H,27,28);9-11,13-14H,6-8,12H2,1-5H3. The summed E-state index contributed by atoms with van der Waals surface area (Å²) in [5, 5.41) is 12.8. The van der Waals surface area contributed by atoms with E-state index in [2.05, 4.69) is 39.2 Å². The van der Waals surface area contributed by atoms with E-state index in [1.807, 2.05) is 106 Å². The minimum Gasteiger partial charge on any atom is -0.444 e. The Bertz CT molecular complexity index is 3040. The number of hydrogen-bond donors (Lipinski definition) is 1. The molecular weight excluding hydrogens is 897 g/mol. The third kappa shape index (κ3) is 10.9. The number of carbonyl (C=O) groups is 2. The monoisotopic (exact) mass is 954 g/mol. The molecule has 0 spiro atoms. The van der Waals surface area contributed by atoms with Crippen molar-refractivity contribution in [2.75, 3.05) is 37.8 Å². The molecule has 356 valence electrons. The first kappa shape index (κ1) is 47.1. The van der Waals surface area contributed by atoms with Crippen LogP contribution in [0.4, 0.5) is 20.4 Å². The average molecular weight is 955 g/mol. The van der Waals surface area contributed by atoms with Gasteiger partial charge in [-0.15, -0.1) is 0 Å². The van der Waals surface area contributed by atoms with Crippen molar-refractivity contribution in [2.45, 2.75) is 102 Å². The van der Waals surface area contributed by atoms with Crippen LogP contribution in [0.5, 0.6) is 0 Å². The van der Waals surface area contributed by atoms with Gasteiger partial charge in [0.1, 0.15) is 16.2 Å². The minimum atomic E-state index is -3.63. The van der Waals surface area contributed by atoms with Gasteiger partial charge >= 0.3 is 12.2 Å². The number of likely N-dealkylation sites (tertiary alicyclic amines) is 2. The zero-order valence-electron chi connectivity index (χ0n) is 39.6. The molecule has 2 atom stereocenters. The lowest BCUT2D eigenvalue weighted by atomic mass is 9.95. The molecule has 7 aromatic rings. The zero-order valence-corrected chi connectivity index (χ0v) is 41.2. The lowest BCUT2D eigenvalue weighted by Crippen LogP contribution is -2.42. The van der Waals surface area contributed by atoms with Gasteiger partial charge in [0.2, 0.25) is 0 Å². The Morgan fingerprint density at radius 2 is 1.22 bits per heavy atom. The van der Waals surface area contributed by atoms with Crippen LogP contribution in [0.3, 0.4) is 0 Å². The van der Waals surface area contributed by atoms with Gasteiger partial charge in [-0.2, -0.15) is 14.6 Å². The van der Waals surface area contributed by atoms with Crippen molar-refractivity contribution in [3.05, 3.63) is 72.7 Å². The summed E-state index contributed by atoms with van der Waals surface area (Å²) in [4.78, 5) is 47.3. The molecule has 7 aromatic heterocycles. The SMILES string of the molecule is Cc1cc(Nc2nc(C3CCCN(C(=O)OC(C)(C)C)C3)cn3c(-c4cnn(C)c4)cnc23)sn1.Cn1cc(-c2cnc3c(S(C)(=O)=O)nc(C4CCCN(C(=O)OC(C)(C)C)C4)cn23)cn1. The van der Waals surface area contributed by atoms with Crippen molar-refractivity contribution in [1.29, 1.82) is 0 Å². The highest BCUT2D eigenvalue weighted by Gasteiger charge is 2.32.